The van der Waals surface area contributed by atoms with Gasteiger partial charge in [0.2, 0.25) is 0 Å². The molecule has 0 aromatic rings. The Morgan fingerprint density at radius 3 is 2.91 bits per heavy atom. The van der Waals surface area contributed by atoms with Gasteiger partial charge in [-0.15, -0.1) is 0 Å². The highest BCUT2D eigenvalue weighted by Crippen LogP contribution is 2.29. The first kappa shape index (κ1) is 8.91. The maximum Gasteiger partial charge on any atom is 0.308 e. The SMILES string of the molecule is COC(=O)C(C)C1CCSC1. The molecule has 1 heterocycles. The van der Waals surface area contributed by atoms with Crippen LogP contribution in [-0.4, -0.2) is 24.6 Å². The van der Waals surface area contributed by atoms with Crippen LogP contribution in [0.25, 0.3) is 0 Å². The van der Waals surface area contributed by atoms with Crippen molar-refractivity contribution < 1.29 is 9.53 Å². The van der Waals surface area contributed by atoms with E-state index in [9.17, 15) is 4.79 Å². The quantitative estimate of drug-likeness (QED) is 0.594. The maximum atomic E-state index is 11.1. The molecule has 1 fully saturated rings. The molecule has 11 heavy (non-hydrogen) atoms. The lowest BCUT2D eigenvalue weighted by molar-refractivity contribution is -0.146. The number of carbonyl (C=O) groups excluding carboxylic acids is 1. The predicted octanol–water partition coefficient (Wildman–Crippen LogP) is 1.55. The summed E-state index contributed by atoms with van der Waals surface area (Å²) in [5.74, 6) is 2.90. The third-order valence-corrected chi connectivity index (χ3v) is 3.43. The second kappa shape index (κ2) is 4.00. The molecule has 2 unspecified atom stereocenters. The Morgan fingerprint density at radius 1 is 1.73 bits per heavy atom. The average Bonchev–Trinajstić information content (AvgIpc) is 2.53. The van der Waals surface area contributed by atoms with Gasteiger partial charge < -0.3 is 4.74 Å². The van der Waals surface area contributed by atoms with Crippen molar-refractivity contribution in [2.75, 3.05) is 18.6 Å². The van der Waals surface area contributed by atoms with E-state index in [-0.39, 0.29) is 11.9 Å². The summed E-state index contributed by atoms with van der Waals surface area (Å²) in [7, 11) is 1.46. The summed E-state index contributed by atoms with van der Waals surface area (Å²) in [6.45, 7) is 1.96. The molecule has 2 nitrogen and oxygen atoms in total. The highest BCUT2D eigenvalue weighted by Gasteiger charge is 2.27. The van der Waals surface area contributed by atoms with Crippen LogP contribution in [0.5, 0.6) is 0 Å². The van der Waals surface area contributed by atoms with Gasteiger partial charge in [-0.1, -0.05) is 6.92 Å². The molecule has 2 atom stereocenters. The third kappa shape index (κ3) is 2.12. The van der Waals surface area contributed by atoms with Gasteiger partial charge in [-0.3, -0.25) is 4.79 Å². The van der Waals surface area contributed by atoms with Crippen molar-refractivity contribution in [3.8, 4) is 0 Å². The van der Waals surface area contributed by atoms with Gasteiger partial charge in [0.1, 0.15) is 0 Å². The molecular formula is C8H14O2S. The van der Waals surface area contributed by atoms with Gasteiger partial charge in [0.15, 0.2) is 0 Å². The van der Waals surface area contributed by atoms with Crippen LogP contribution in [0, 0.1) is 11.8 Å². The van der Waals surface area contributed by atoms with Crippen molar-refractivity contribution >= 4 is 17.7 Å². The summed E-state index contributed by atoms with van der Waals surface area (Å²) in [4.78, 5) is 11.1. The molecule has 1 aliphatic rings. The van der Waals surface area contributed by atoms with E-state index in [4.69, 9.17) is 0 Å². The molecule has 0 aliphatic carbocycles. The van der Waals surface area contributed by atoms with E-state index in [2.05, 4.69) is 4.74 Å². The van der Waals surface area contributed by atoms with Crippen LogP contribution >= 0.6 is 11.8 Å². The van der Waals surface area contributed by atoms with Gasteiger partial charge in [-0.25, -0.2) is 0 Å². The minimum atomic E-state index is -0.0579. The Labute approximate surface area is 71.7 Å². The Morgan fingerprint density at radius 2 is 2.45 bits per heavy atom. The van der Waals surface area contributed by atoms with Crippen LogP contribution in [0.1, 0.15) is 13.3 Å². The predicted molar refractivity (Wildman–Crippen MR) is 46.6 cm³/mol. The first-order valence-electron chi connectivity index (χ1n) is 3.91. The van der Waals surface area contributed by atoms with E-state index in [0.717, 1.165) is 5.75 Å². The minimum Gasteiger partial charge on any atom is -0.469 e. The van der Waals surface area contributed by atoms with Gasteiger partial charge in [-0.2, -0.15) is 11.8 Å². The molecule has 1 aliphatic heterocycles. The first-order chi connectivity index (χ1) is 5.25. The summed E-state index contributed by atoms with van der Waals surface area (Å²) in [5, 5.41) is 0. The van der Waals surface area contributed by atoms with Crippen LogP contribution in [0.4, 0.5) is 0 Å². The van der Waals surface area contributed by atoms with Gasteiger partial charge in [-0.05, 0) is 23.8 Å². The van der Waals surface area contributed by atoms with E-state index >= 15 is 0 Å². The zero-order valence-corrected chi connectivity index (χ0v) is 7.82. The van der Waals surface area contributed by atoms with Crippen LogP contribution in [0.2, 0.25) is 0 Å². The van der Waals surface area contributed by atoms with Crippen molar-refractivity contribution in [3.63, 3.8) is 0 Å². The summed E-state index contributed by atoms with van der Waals surface area (Å²) in [5.41, 5.74) is 0. The normalized spacial score (nSPS) is 26.5. The number of ether oxygens (including phenoxy) is 1. The summed E-state index contributed by atoms with van der Waals surface area (Å²) >= 11 is 1.93. The monoisotopic (exact) mass is 174 g/mol. The largest absolute Gasteiger partial charge is 0.469 e. The van der Waals surface area contributed by atoms with Crippen molar-refractivity contribution in [2.45, 2.75) is 13.3 Å². The number of hydrogen-bond acceptors (Lipinski definition) is 3. The Kier molecular flexibility index (Phi) is 3.24. The fourth-order valence-electron chi connectivity index (χ4n) is 1.33. The van der Waals surface area contributed by atoms with Crippen LogP contribution < -0.4 is 0 Å². The second-order valence-corrected chi connectivity index (χ2v) is 4.09. The lowest BCUT2D eigenvalue weighted by atomic mass is 9.94. The first-order valence-corrected chi connectivity index (χ1v) is 5.06. The van der Waals surface area contributed by atoms with E-state index in [1.54, 1.807) is 0 Å². The number of carbonyl (C=O) groups is 1. The van der Waals surface area contributed by atoms with Crippen molar-refractivity contribution in [2.24, 2.45) is 11.8 Å². The smallest absolute Gasteiger partial charge is 0.308 e. The topological polar surface area (TPSA) is 26.3 Å². The van der Waals surface area contributed by atoms with Gasteiger partial charge in [0.05, 0.1) is 13.0 Å². The highest BCUT2D eigenvalue weighted by molar-refractivity contribution is 7.99. The van der Waals surface area contributed by atoms with Gasteiger partial charge in [0.25, 0.3) is 0 Å². The molecule has 0 aromatic carbocycles. The van der Waals surface area contributed by atoms with Crippen LogP contribution in [0.15, 0.2) is 0 Å². The van der Waals surface area contributed by atoms with Crippen LogP contribution in [0.3, 0.4) is 0 Å². The molecule has 0 saturated carbocycles. The Balaban J connectivity index is 2.39. The minimum absolute atomic E-state index is 0.0579. The number of hydrogen-bond donors (Lipinski definition) is 0. The zero-order chi connectivity index (χ0) is 8.27. The molecule has 0 N–H and O–H groups in total. The lowest BCUT2D eigenvalue weighted by Crippen LogP contribution is -2.21. The van der Waals surface area contributed by atoms with Crippen LogP contribution in [-0.2, 0) is 9.53 Å². The number of thioether (sulfide) groups is 1. The van der Waals surface area contributed by atoms with E-state index in [0.29, 0.717) is 5.92 Å². The summed E-state index contributed by atoms with van der Waals surface area (Å²) < 4.78 is 4.68. The maximum absolute atomic E-state index is 11.1. The fourth-order valence-corrected chi connectivity index (χ4v) is 2.72. The number of methoxy groups -OCH3 is 1. The van der Waals surface area contributed by atoms with E-state index in [1.165, 1.54) is 19.3 Å². The average molecular weight is 174 g/mol. The van der Waals surface area contributed by atoms with Crippen molar-refractivity contribution in [3.05, 3.63) is 0 Å². The Hall–Kier alpha value is -0.180. The third-order valence-electron chi connectivity index (χ3n) is 2.24. The molecule has 3 heteroatoms. The lowest BCUT2D eigenvalue weighted by Gasteiger charge is -2.14. The molecule has 0 aromatic heterocycles. The molecule has 1 rings (SSSR count). The Bertz CT molecular complexity index is 141. The molecule has 0 spiro atoms. The summed E-state index contributed by atoms with van der Waals surface area (Å²) in [6, 6.07) is 0. The number of rotatable bonds is 2. The van der Waals surface area contributed by atoms with E-state index in [1.807, 2.05) is 18.7 Å². The van der Waals surface area contributed by atoms with Gasteiger partial charge in [0, 0.05) is 0 Å². The van der Waals surface area contributed by atoms with Crippen molar-refractivity contribution in [1.82, 2.24) is 0 Å². The fraction of sp³-hybridized carbons (Fsp3) is 0.875. The molecule has 0 bridgehead atoms. The van der Waals surface area contributed by atoms with Crippen molar-refractivity contribution in [1.29, 1.82) is 0 Å². The molecular weight excluding hydrogens is 160 g/mol. The summed E-state index contributed by atoms with van der Waals surface area (Å²) in [6.07, 6.45) is 1.17. The number of esters is 1. The second-order valence-electron chi connectivity index (χ2n) is 2.94. The molecule has 0 amide bonds. The molecule has 64 valence electrons. The molecule has 0 radical (unpaired) electrons. The highest BCUT2D eigenvalue weighted by atomic mass is 32.2. The standard InChI is InChI=1S/C8H14O2S/c1-6(8(9)10-2)7-3-4-11-5-7/h6-7H,3-5H2,1-2H3. The zero-order valence-electron chi connectivity index (χ0n) is 7.00. The van der Waals surface area contributed by atoms with E-state index < -0.39 is 0 Å². The molecule has 1 saturated heterocycles. The van der Waals surface area contributed by atoms with Gasteiger partial charge >= 0.3 is 5.97 Å².